The molecule has 0 unspecified atom stereocenters. The van der Waals surface area contributed by atoms with Crippen molar-refractivity contribution >= 4 is 29.6 Å². The minimum Gasteiger partial charge on any atom is -0.481 e. The first kappa shape index (κ1) is 16.1. The summed E-state index contributed by atoms with van der Waals surface area (Å²) in [4.78, 5) is 13.0. The molecule has 0 spiro atoms. The molecule has 0 aliphatic carbocycles. The van der Waals surface area contributed by atoms with Gasteiger partial charge in [0.15, 0.2) is 0 Å². The van der Waals surface area contributed by atoms with E-state index in [0.717, 1.165) is 18.1 Å². The van der Waals surface area contributed by atoms with Crippen LogP contribution in [-0.4, -0.2) is 29.7 Å². The van der Waals surface area contributed by atoms with Crippen LogP contribution in [0, 0.1) is 12.3 Å². The maximum Gasteiger partial charge on any atom is 0.300 e. The molecule has 0 aromatic heterocycles. The van der Waals surface area contributed by atoms with Crippen molar-refractivity contribution in [3.8, 4) is 0 Å². The van der Waals surface area contributed by atoms with Gasteiger partial charge in [-0.25, -0.2) is 0 Å². The van der Waals surface area contributed by atoms with E-state index in [9.17, 15) is 0 Å². The van der Waals surface area contributed by atoms with Crippen molar-refractivity contribution in [2.45, 2.75) is 13.8 Å². The second-order valence-electron chi connectivity index (χ2n) is 3.49. The number of hydrogen-bond donors (Lipinski definition) is 3. The van der Waals surface area contributed by atoms with Crippen LogP contribution in [-0.2, 0) is 4.79 Å². The van der Waals surface area contributed by atoms with E-state index in [4.69, 9.17) is 32.6 Å². The van der Waals surface area contributed by atoms with Crippen molar-refractivity contribution in [2.24, 2.45) is 10.7 Å². The fourth-order valence-corrected chi connectivity index (χ4v) is 1.19. The summed E-state index contributed by atoms with van der Waals surface area (Å²) in [6.07, 6.45) is 1.64. The smallest absolute Gasteiger partial charge is 0.300 e. The van der Waals surface area contributed by atoms with Gasteiger partial charge in [-0.2, -0.15) is 0 Å². The van der Waals surface area contributed by atoms with E-state index in [1.54, 1.807) is 6.21 Å². The first-order valence-electron chi connectivity index (χ1n) is 5.12. The number of rotatable bonds is 3. The molecule has 5 nitrogen and oxygen atoms in total. The lowest BCUT2D eigenvalue weighted by Gasteiger charge is -2.00. The predicted molar refractivity (Wildman–Crippen MR) is 73.9 cm³/mol. The number of aryl methyl sites for hydroxylation is 1. The zero-order chi connectivity index (χ0) is 14.1. The van der Waals surface area contributed by atoms with Gasteiger partial charge in [-0.15, -0.1) is 0 Å². The molecule has 0 radical (unpaired) electrons. The second kappa shape index (κ2) is 8.25. The number of amidine groups is 1. The van der Waals surface area contributed by atoms with E-state index >= 15 is 0 Å². The second-order valence-corrected chi connectivity index (χ2v) is 3.87. The third-order valence-electron chi connectivity index (χ3n) is 1.71. The number of nitrogens with one attached hydrogen (secondary N) is 1. The monoisotopic (exact) mass is 269 g/mol. The number of aliphatic imine (C=N–C) groups is 1. The third kappa shape index (κ3) is 7.40. The largest absolute Gasteiger partial charge is 0.481 e. The summed E-state index contributed by atoms with van der Waals surface area (Å²) in [5.74, 6) is -0.787. The molecule has 6 heteroatoms. The molecule has 1 aromatic rings. The summed E-state index contributed by atoms with van der Waals surface area (Å²) in [6.45, 7) is 3.23. The highest BCUT2D eigenvalue weighted by Gasteiger charge is 1.98. The lowest BCUT2D eigenvalue weighted by molar-refractivity contribution is -0.134. The van der Waals surface area contributed by atoms with Crippen LogP contribution in [0.5, 0.6) is 0 Å². The Morgan fingerprint density at radius 3 is 2.67 bits per heavy atom. The van der Waals surface area contributed by atoms with Crippen molar-refractivity contribution in [1.82, 2.24) is 0 Å². The van der Waals surface area contributed by atoms with Crippen LogP contribution in [0.15, 0.2) is 23.2 Å². The van der Waals surface area contributed by atoms with Gasteiger partial charge >= 0.3 is 0 Å². The molecule has 1 aromatic carbocycles. The van der Waals surface area contributed by atoms with Crippen LogP contribution in [0.4, 0.5) is 0 Å². The molecule has 18 heavy (non-hydrogen) atoms. The number of aliphatic carboxylic acids is 1. The zero-order valence-electron chi connectivity index (χ0n) is 10.3. The van der Waals surface area contributed by atoms with Crippen molar-refractivity contribution < 1.29 is 9.90 Å². The number of carboxylic acid groups (broad SMARTS) is 1. The van der Waals surface area contributed by atoms with E-state index in [2.05, 4.69) is 4.99 Å². The molecule has 0 bridgehead atoms. The topological polar surface area (TPSA) is 99.5 Å². The minimum atomic E-state index is -0.833. The Hall–Kier alpha value is -1.88. The number of carbonyl (C=O) groups is 1. The molecule has 0 saturated heterocycles. The molecule has 0 saturated carbocycles. The number of nitrogens with two attached hydrogens (primary N) is 1. The molecule has 0 fully saturated rings. The normalized spacial score (nSPS) is 9.72. The van der Waals surface area contributed by atoms with Gasteiger partial charge in [-0.3, -0.25) is 15.2 Å². The Morgan fingerprint density at radius 2 is 2.17 bits per heavy atom. The average molecular weight is 270 g/mol. The van der Waals surface area contributed by atoms with Crippen molar-refractivity contribution in [3.63, 3.8) is 0 Å². The number of carboxylic acids is 1. The SMILES string of the molecule is CC(=O)O.Cc1cccc(C=NCC(=N)N)c1Cl. The number of hydrogen-bond acceptors (Lipinski definition) is 3. The van der Waals surface area contributed by atoms with Crippen LogP contribution in [0.2, 0.25) is 5.02 Å². The first-order valence-corrected chi connectivity index (χ1v) is 5.49. The zero-order valence-corrected chi connectivity index (χ0v) is 11.0. The maximum absolute atomic E-state index is 9.00. The van der Waals surface area contributed by atoms with Crippen molar-refractivity contribution in [3.05, 3.63) is 34.3 Å². The van der Waals surface area contributed by atoms with Gasteiger partial charge in [0.05, 0.1) is 11.6 Å². The highest BCUT2D eigenvalue weighted by atomic mass is 35.5. The van der Waals surface area contributed by atoms with Crippen LogP contribution in [0.3, 0.4) is 0 Å². The summed E-state index contributed by atoms with van der Waals surface area (Å²) in [6, 6.07) is 5.72. The van der Waals surface area contributed by atoms with Gasteiger partial charge in [0.1, 0.15) is 5.84 Å². The van der Waals surface area contributed by atoms with Gasteiger partial charge in [0, 0.05) is 18.7 Å². The van der Waals surface area contributed by atoms with E-state index in [1.165, 1.54) is 0 Å². The molecule has 0 aliphatic rings. The maximum atomic E-state index is 9.00. The Balaban J connectivity index is 0.000000631. The average Bonchev–Trinajstić information content (AvgIpc) is 2.23. The van der Waals surface area contributed by atoms with Gasteiger partial charge in [-0.1, -0.05) is 29.8 Å². The molecule has 0 atom stereocenters. The molecule has 98 valence electrons. The highest BCUT2D eigenvalue weighted by molar-refractivity contribution is 6.33. The van der Waals surface area contributed by atoms with Crippen molar-refractivity contribution in [1.29, 1.82) is 5.41 Å². The fourth-order valence-electron chi connectivity index (χ4n) is 1.01. The van der Waals surface area contributed by atoms with Crippen LogP contribution >= 0.6 is 11.6 Å². The Kier molecular flexibility index (Phi) is 7.38. The van der Waals surface area contributed by atoms with E-state index in [1.807, 2.05) is 25.1 Å². The Labute approximate surface area is 111 Å². The van der Waals surface area contributed by atoms with Crippen molar-refractivity contribution in [2.75, 3.05) is 6.54 Å². The molecular formula is C12H16ClN3O2. The summed E-state index contributed by atoms with van der Waals surface area (Å²) in [5.41, 5.74) is 7.03. The van der Waals surface area contributed by atoms with E-state index in [0.29, 0.717) is 5.02 Å². The van der Waals surface area contributed by atoms with Gasteiger partial charge in [0.2, 0.25) is 0 Å². The molecule has 4 N–H and O–H groups in total. The number of halogens is 1. The molecule has 1 rings (SSSR count). The van der Waals surface area contributed by atoms with E-state index in [-0.39, 0.29) is 12.4 Å². The van der Waals surface area contributed by atoms with E-state index < -0.39 is 5.97 Å². The highest BCUT2D eigenvalue weighted by Crippen LogP contribution is 2.18. The summed E-state index contributed by atoms with van der Waals surface area (Å²) >= 11 is 6.03. The molecule has 0 amide bonds. The first-order chi connectivity index (χ1) is 8.34. The lowest BCUT2D eigenvalue weighted by Crippen LogP contribution is -2.13. The molecular weight excluding hydrogens is 254 g/mol. The van der Waals surface area contributed by atoms with Gasteiger partial charge in [0.25, 0.3) is 5.97 Å². The summed E-state index contributed by atoms with van der Waals surface area (Å²) < 4.78 is 0. The lowest BCUT2D eigenvalue weighted by atomic mass is 10.1. The Bertz CT molecular complexity index is 455. The van der Waals surface area contributed by atoms with Crippen LogP contribution < -0.4 is 5.73 Å². The van der Waals surface area contributed by atoms with Gasteiger partial charge < -0.3 is 10.8 Å². The number of nitrogens with zero attached hydrogens (tertiary/aromatic N) is 1. The van der Waals surface area contributed by atoms with Gasteiger partial charge in [-0.05, 0) is 12.5 Å². The summed E-state index contributed by atoms with van der Waals surface area (Å²) in [7, 11) is 0. The minimum absolute atomic E-state index is 0.0463. The molecule has 0 aliphatic heterocycles. The summed E-state index contributed by atoms with van der Waals surface area (Å²) in [5, 5.41) is 15.1. The van der Waals surface area contributed by atoms with Crippen LogP contribution in [0.1, 0.15) is 18.1 Å². The quantitative estimate of drug-likeness (QED) is 0.579. The predicted octanol–water partition coefficient (Wildman–Crippen LogP) is 2.09. The fraction of sp³-hybridized carbons (Fsp3) is 0.250. The number of benzene rings is 1. The Morgan fingerprint density at radius 1 is 1.61 bits per heavy atom. The third-order valence-corrected chi connectivity index (χ3v) is 2.23. The molecule has 0 heterocycles. The van der Waals surface area contributed by atoms with Crippen LogP contribution in [0.25, 0.3) is 0 Å². The standard InChI is InChI=1S/C10H12ClN3.C2H4O2/c1-7-3-2-4-8(10(7)11)5-14-6-9(12)13;1-2(3)4/h2-5H,6H2,1H3,(H3,12,13);1H3,(H,3,4).